The zero-order valence-corrected chi connectivity index (χ0v) is 17.0. The first-order chi connectivity index (χ1) is 14.8. The van der Waals surface area contributed by atoms with E-state index in [0.717, 1.165) is 35.6 Å². The number of para-hydroxylation sites is 3. The standard InChI is InChI=1S/C27H24N2O/c1-2-26(30-23-12-4-3-5-13-23)27-28-24-14-8-9-15-25(24)29(27)19-20-16-17-21-10-6-7-11-22(21)18-20/h3-18,26H,2,19H2,1H3. The zero-order chi connectivity index (χ0) is 20.3. The van der Waals surface area contributed by atoms with E-state index in [9.17, 15) is 0 Å². The second-order valence-corrected chi connectivity index (χ2v) is 7.55. The van der Waals surface area contributed by atoms with Gasteiger partial charge in [0.1, 0.15) is 5.75 Å². The number of aromatic nitrogens is 2. The number of hydrogen-bond donors (Lipinski definition) is 0. The summed E-state index contributed by atoms with van der Waals surface area (Å²) >= 11 is 0. The van der Waals surface area contributed by atoms with Gasteiger partial charge in [0.15, 0.2) is 11.9 Å². The van der Waals surface area contributed by atoms with Crippen molar-refractivity contribution in [2.24, 2.45) is 0 Å². The molecule has 0 saturated heterocycles. The van der Waals surface area contributed by atoms with Gasteiger partial charge in [-0.2, -0.15) is 0 Å². The summed E-state index contributed by atoms with van der Waals surface area (Å²) in [5.74, 6) is 1.84. The second kappa shape index (κ2) is 8.03. The minimum absolute atomic E-state index is 0.111. The number of fused-ring (bicyclic) bond motifs is 2. The quantitative estimate of drug-likeness (QED) is 0.319. The van der Waals surface area contributed by atoms with Crippen LogP contribution < -0.4 is 4.74 Å². The van der Waals surface area contributed by atoms with Crippen LogP contribution in [0.4, 0.5) is 0 Å². The average molecular weight is 393 g/mol. The SMILES string of the molecule is CCC(Oc1ccccc1)c1nc2ccccc2n1Cc1ccc2ccccc2c1. The molecule has 0 saturated carbocycles. The summed E-state index contributed by atoms with van der Waals surface area (Å²) in [5.41, 5.74) is 3.40. The van der Waals surface area contributed by atoms with E-state index in [0.29, 0.717) is 0 Å². The summed E-state index contributed by atoms with van der Waals surface area (Å²) in [6, 6.07) is 33.5. The first-order valence-corrected chi connectivity index (χ1v) is 10.5. The van der Waals surface area contributed by atoms with Crippen LogP contribution in [0, 0.1) is 0 Å². The summed E-state index contributed by atoms with van der Waals surface area (Å²) in [6.45, 7) is 2.91. The van der Waals surface area contributed by atoms with Crippen molar-refractivity contribution in [1.29, 1.82) is 0 Å². The predicted octanol–water partition coefficient (Wildman–Crippen LogP) is 6.77. The second-order valence-electron chi connectivity index (χ2n) is 7.55. The molecule has 148 valence electrons. The maximum Gasteiger partial charge on any atom is 0.156 e. The number of nitrogens with zero attached hydrogens (tertiary/aromatic N) is 2. The molecule has 1 atom stereocenters. The molecule has 3 heteroatoms. The van der Waals surface area contributed by atoms with Crippen molar-refractivity contribution in [3.63, 3.8) is 0 Å². The molecule has 0 fully saturated rings. The molecule has 0 radical (unpaired) electrons. The van der Waals surface area contributed by atoms with Crippen LogP contribution in [-0.2, 0) is 6.54 Å². The van der Waals surface area contributed by atoms with Gasteiger partial charge in [0, 0.05) is 6.54 Å². The average Bonchev–Trinajstić information content (AvgIpc) is 3.16. The fraction of sp³-hybridized carbons (Fsp3) is 0.148. The van der Waals surface area contributed by atoms with Crippen LogP contribution in [0.1, 0.15) is 30.8 Å². The fourth-order valence-electron chi connectivity index (χ4n) is 4.01. The third kappa shape index (κ3) is 3.55. The molecule has 0 amide bonds. The molecule has 0 aliphatic rings. The molecule has 5 rings (SSSR count). The van der Waals surface area contributed by atoms with Crippen molar-refractivity contribution in [1.82, 2.24) is 9.55 Å². The lowest BCUT2D eigenvalue weighted by Gasteiger charge is -2.19. The van der Waals surface area contributed by atoms with Crippen molar-refractivity contribution in [2.75, 3.05) is 0 Å². The van der Waals surface area contributed by atoms with Crippen molar-refractivity contribution >= 4 is 21.8 Å². The highest BCUT2D eigenvalue weighted by molar-refractivity contribution is 5.83. The van der Waals surface area contributed by atoms with E-state index in [2.05, 4.69) is 72.2 Å². The van der Waals surface area contributed by atoms with Crippen molar-refractivity contribution in [2.45, 2.75) is 26.0 Å². The minimum atomic E-state index is -0.111. The van der Waals surface area contributed by atoms with Gasteiger partial charge >= 0.3 is 0 Å². The van der Waals surface area contributed by atoms with Gasteiger partial charge in [-0.3, -0.25) is 0 Å². The lowest BCUT2D eigenvalue weighted by molar-refractivity contribution is 0.187. The molecule has 4 aromatic carbocycles. The van der Waals surface area contributed by atoms with Gasteiger partial charge in [-0.15, -0.1) is 0 Å². The first kappa shape index (κ1) is 18.4. The molecular weight excluding hydrogens is 368 g/mol. The van der Waals surface area contributed by atoms with Crippen molar-refractivity contribution in [3.05, 3.63) is 108 Å². The number of benzene rings is 4. The summed E-state index contributed by atoms with van der Waals surface area (Å²) in [5, 5.41) is 2.52. The molecule has 1 heterocycles. The van der Waals surface area contributed by atoms with E-state index in [1.807, 2.05) is 36.4 Å². The molecule has 1 aromatic heterocycles. The Morgan fingerprint density at radius 3 is 2.37 bits per heavy atom. The number of rotatable bonds is 6. The Morgan fingerprint density at radius 2 is 1.53 bits per heavy atom. The first-order valence-electron chi connectivity index (χ1n) is 10.5. The molecule has 30 heavy (non-hydrogen) atoms. The molecule has 1 unspecified atom stereocenters. The Hall–Kier alpha value is -3.59. The van der Waals surface area contributed by atoms with E-state index in [1.54, 1.807) is 0 Å². The third-order valence-corrected chi connectivity index (χ3v) is 5.52. The molecule has 0 bridgehead atoms. The fourth-order valence-corrected chi connectivity index (χ4v) is 4.01. The Morgan fingerprint density at radius 1 is 0.800 bits per heavy atom. The van der Waals surface area contributed by atoms with E-state index in [1.165, 1.54) is 16.3 Å². The summed E-state index contributed by atoms with van der Waals surface area (Å²) in [7, 11) is 0. The predicted molar refractivity (Wildman–Crippen MR) is 123 cm³/mol. The lowest BCUT2D eigenvalue weighted by Crippen LogP contribution is -2.14. The molecule has 0 aliphatic heterocycles. The lowest BCUT2D eigenvalue weighted by atomic mass is 10.1. The van der Waals surface area contributed by atoms with Crippen LogP contribution >= 0.6 is 0 Å². The highest BCUT2D eigenvalue weighted by atomic mass is 16.5. The van der Waals surface area contributed by atoms with Crippen LogP contribution in [0.25, 0.3) is 21.8 Å². The topological polar surface area (TPSA) is 27.1 Å². The van der Waals surface area contributed by atoms with Crippen LogP contribution in [0.2, 0.25) is 0 Å². The number of ether oxygens (including phenoxy) is 1. The number of imidazole rings is 1. The Bertz CT molecular complexity index is 1290. The van der Waals surface area contributed by atoms with Gasteiger partial charge in [-0.05, 0) is 53.1 Å². The molecule has 3 nitrogen and oxygen atoms in total. The van der Waals surface area contributed by atoms with Gasteiger partial charge in [-0.1, -0.05) is 73.7 Å². The van der Waals surface area contributed by atoms with Crippen molar-refractivity contribution < 1.29 is 4.74 Å². The maximum atomic E-state index is 6.34. The van der Waals surface area contributed by atoms with E-state index in [-0.39, 0.29) is 6.10 Å². The van der Waals surface area contributed by atoms with Crippen LogP contribution in [0.15, 0.2) is 97.1 Å². The molecule has 0 spiro atoms. The molecule has 0 N–H and O–H groups in total. The van der Waals surface area contributed by atoms with Gasteiger partial charge < -0.3 is 9.30 Å². The van der Waals surface area contributed by atoms with Gasteiger partial charge in [0.25, 0.3) is 0 Å². The van der Waals surface area contributed by atoms with Crippen LogP contribution in [0.5, 0.6) is 5.75 Å². The summed E-state index contributed by atoms with van der Waals surface area (Å²) in [4.78, 5) is 4.98. The third-order valence-electron chi connectivity index (χ3n) is 5.52. The smallest absolute Gasteiger partial charge is 0.156 e. The summed E-state index contributed by atoms with van der Waals surface area (Å²) < 4.78 is 8.65. The number of hydrogen-bond acceptors (Lipinski definition) is 2. The minimum Gasteiger partial charge on any atom is -0.483 e. The maximum absolute atomic E-state index is 6.34. The van der Waals surface area contributed by atoms with Crippen LogP contribution in [-0.4, -0.2) is 9.55 Å². The van der Waals surface area contributed by atoms with Gasteiger partial charge in [0.05, 0.1) is 11.0 Å². The van der Waals surface area contributed by atoms with Crippen LogP contribution in [0.3, 0.4) is 0 Å². The highest BCUT2D eigenvalue weighted by Crippen LogP contribution is 2.28. The van der Waals surface area contributed by atoms with Crippen molar-refractivity contribution in [3.8, 4) is 5.75 Å². The Labute approximate surface area is 176 Å². The normalized spacial score (nSPS) is 12.3. The highest BCUT2D eigenvalue weighted by Gasteiger charge is 2.21. The summed E-state index contributed by atoms with van der Waals surface area (Å²) in [6.07, 6.45) is 0.732. The van der Waals surface area contributed by atoms with E-state index < -0.39 is 0 Å². The Balaban J connectivity index is 1.57. The van der Waals surface area contributed by atoms with E-state index in [4.69, 9.17) is 9.72 Å². The molecular formula is C27H24N2O. The van der Waals surface area contributed by atoms with Gasteiger partial charge in [-0.25, -0.2) is 4.98 Å². The molecule has 0 aliphatic carbocycles. The van der Waals surface area contributed by atoms with Gasteiger partial charge in [0.2, 0.25) is 0 Å². The largest absolute Gasteiger partial charge is 0.483 e. The molecule has 5 aromatic rings. The Kier molecular flexibility index (Phi) is 4.94. The van der Waals surface area contributed by atoms with E-state index >= 15 is 0 Å². The monoisotopic (exact) mass is 392 g/mol. The zero-order valence-electron chi connectivity index (χ0n) is 17.0.